The minimum absolute atomic E-state index is 0. The average molecular weight is 512 g/mol. The third kappa shape index (κ3) is 6.14. The van der Waals surface area contributed by atoms with E-state index in [2.05, 4.69) is 20.9 Å². The number of carbonyl (C=O) groups is 1. The molecule has 0 bridgehead atoms. The summed E-state index contributed by atoms with van der Waals surface area (Å²) in [5.41, 5.74) is 3.44. The van der Waals surface area contributed by atoms with E-state index in [9.17, 15) is 9.18 Å². The van der Waals surface area contributed by atoms with Crippen molar-refractivity contribution in [2.75, 3.05) is 26.0 Å². The second kappa shape index (κ2) is 11.1. The molecule has 0 spiro atoms. The number of aliphatic imine (C=N–C) groups is 1. The number of amides is 1. The number of rotatable bonds is 6. The van der Waals surface area contributed by atoms with E-state index >= 15 is 0 Å². The molecule has 0 saturated heterocycles. The lowest BCUT2D eigenvalue weighted by atomic mass is 9.90. The van der Waals surface area contributed by atoms with Gasteiger partial charge in [0.25, 0.3) is 0 Å². The van der Waals surface area contributed by atoms with E-state index in [1.165, 1.54) is 6.07 Å². The smallest absolute Gasteiger partial charge is 0.225 e. The zero-order chi connectivity index (χ0) is 19.9. The van der Waals surface area contributed by atoms with E-state index in [-0.39, 0.29) is 48.2 Å². The maximum absolute atomic E-state index is 13.7. The normalized spacial score (nSPS) is 15.8. The standard InChI is InChI=1S/C21H25FN4O2.HI/c1-23-21(24-11-14-7-8-18(22)16(9-14)13-28-2)25-12-15-10-20(27)26-19-6-4-3-5-17(15)19;/h3-9,15H,10-13H2,1-2H3,(H,26,27)(H2,23,24,25);1H. The number of nitrogens with one attached hydrogen (secondary N) is 3. The number of fused-ring (bicyclic) bond motifs is 1. The summed E-state index contributed by atoms with van der Waals surface area (Å²) in [7, 11) is 3.23. The molecule has 2 aromatic carbocycles. The van der Waals surface area contributed by atoms with Crippen molar-refractivity contribution < 1.29 is 13.9 Å². The van der Waals surface area contributed by atoms with Gasteiger partial charge in [-0.15, -0.1) is 24.0 Å². The van der Waals surface area contributed by atoms with Crippen molar-refractivity contribution in [3.63, 3.8) is 0 Å². The van der Waals surface area contributed by atoms with E-state index in [4.69, 9.17) is 4.74 Å². The van der Waals surface area contributed by atoms with Crippen molar-refractivity contribution in [1.82, 2.24) is 10.6 Å². The largest absolute Gasteiger partial charge is 0.380 e. The van der Waals surface area contributed by atoms with Crippen LogP contribution in [0.3, 0.4) is 0 Å². The fourth-order valence-corrected chi connectivity index (χ4v) is 3.31. The fourth-order valence-electron chi connectivity index (χ4n) is 3.31. The van der Waals surface area contributed by atoms with Gasteiger partial charge in [-0.05, 0) is 29.3 Å². The van der Waals surface area contributed by atoms with Crippen molar-refractivity contribution >= 4 is 41.5 Å². The second-order valence-electron chi connectivity index (χ2n) is 6.70. The van der Waals surface area contributed by atoms with Crippen LogP contribution < -0.4 is 16.0 Å². The summed E-state index contributed by atoms with van der Waals surface area (Å²) < 4.78 is 18.8. The van der Waals surface area contributed by atoms with Gasteiger partial charge in [0.05, 0.1) is 6.61 Å². The van der Waals surface area contributed by atoms with Gasteiger partial charge in [-0.2, -0.15) is 0 Å². The molecule has 0 aliphatic carbocycles. The van der Waals surface area contributed by atoms with E-state index in [1.54, 1.807) is 26.3 Å². The lowest BCUT2D eigenvalue weighted by molar-refractivity contribution is -0.116. The average Bonchev–Trinajstić information content (AvgIpc) is 2.70. The predicted octanol–water partition coefficient (Wildman–Crippen LogP) is 3.38. The Labute approximate surface area is 187 Å². The first-order valence-corrected chi connectivity index (χ1v) is 9.20. The molecule has 6 nitrogen and oxygen atoms in total. The highest BCUT2D eigenvalue weighted by Gasteiger charge is 2.24. The Kier molecular flexibility index (Phi) is 8.84. The van der Waals surface area contributed by atoms with Gasteiger partial charge in [0.15, 0.2) is 5.96 Å². The summed E-state index contributed by atoms with van der Waals surface area (Å²) in [6.07, 6.45) is 0.430. The van der Waals surface area contributed by atoms with Gasteiger partial charge in [-0.25, -0.2) is 4.39 Å². The summed E-state index contributed by atoms with van der Waals surface area (Å²) in [5, 5.41) is 9.41. The molecular weight excluding hydrogens is 486 g/mol. The number of hydrogen-bond donors (Lipinski definition) is 3. The fraction of sp³-hybridized carbons (Fsp3) is 0.333. The van der Waals surface area contributed by atoms with Crippen LogP contribution >= 0.6 is 24.0 Å². The Morgan fingerprint density at radius 3 is 2.83 bits per heavy atom. The van der Waals surface area contributed by atoms with Gasteiger partial charge in [-0.3, -0.25) is 9.79 Å². The maximum Gasteiger partial charge on any atom is 0.225 e. The van der Waals surface area contributed by atoms with Crippen LogP contribution in [0.15, 0.2) is 47.5 Å². The molecule has 3 N–H and O–H groups in total. The van der Waals surface area contributed by atoms with Gasteiger partial charge in [0.2, 0.25) is 5.91 Å². The number of carbonyl (C=O) groups excluding carboxylic acids is 1. The number of para-hydroxylation sites is 1. The van der Waals surface area contributed by atoms with Crippen LogP contribution in [0.25, 0.3) is 0 Å². The third-order valence-corrected chi connectivity index (χ3v) is 4.72. The monoisotopic (exact) mass is 512 g/mol. The molecule has 0 saturated carbocycles. The van der Waals surface area contributed by atoms with E-state index < -0.39 is 0 Å². The molecule has 1 unspecified atom stereocenters. The third-order valence-electron chi connectivity index (χ3n) is 4.72. The van der Waals surface area contributed by atoms with Gasteiger partial charge in [0, 0.05) is 50.8 Å². The predicted molar refractivity (Wildman–Crippen MR) is 123 cm³/mol. The van der Waals surface area contributed by atoms with Gasteiger partial charge >= 0.3 is 0 Å². The van der Waals surface area contributed by atoms with Gasteiger partial charge in [-0.1, -0.05) is 24.3 Å². The topological polar surface area (TPSA) is 74.8 Å². The van der Waals surface area contributed by atoms with Crippen LogP contribution in [-0.4, -0.2) is 32.6 Å². The molecule has 0 radical (unpaired) electrons. The van der Waals surface area contributed by atoms with Crippen molar-refractivity contribution in [3.8, 4) is 0 Å². The maximum atomic E-state index is 13.7. The number of nitrogens with zero attached hydrogens (tertiary/aromatic N) is 1. The lowest BCUT2D eigenvalue weighted by Gasteiger charge is -2.26. The highest BCUT2D eigenvalue weighted by Crippen LogP contribution is 2.31. The minimum Gasteiger partial charge on any atom is -0.380 e. The zero-order valence-corrected chi connectivity index (χ0v) is 18.8. The van der Waals surface area contributed by atoms with Crippen LogP contribution in [0.5, 0.6) is 0 Å². The van der Waals surface area contributed by atoms with Crippen molar-refractivity contribution in [2.24, 2.45) is 4.99 Å². The highest BCUT2D eigenvalue weighted by molar-refractivity contribution is 14.0. The number of hydrogen-bond acceptors (Lipinski definition) is 3. The Bertz CT molecular complexity index is 876. The molecular formula is C21H26FIN4O2. The molecule has 1 aliphatic heterocycles. The van der Waals surface area contributed by atoms with Crippen LogP contribution in [0, 0.1) is 5.82 Å². The Morgan fingerprint density at radius 2 is 2.07 bits per heavy atom. The summed E-state index contributed by atoms with van der Waals surface area (Å²) in [5.74, 6) is 0.441. The van der Waals surface area contributed by atoms with E-state index in [0.717, 1.165) is 16.8 Å². The number of benzene rings is 2. The molecule has 2 aromatic rings. The molecule has 29 heavy (non-hydrogen) atoms. The first-order chi connectivity index (χ1) is 13.6. The van der Waals surface area contributed by atoms with Crippen molar-refractivity contribution in [3.05, 3.63) is 65.0 Å². The van der Waals surface area contributed by atoms with Gasteiger partial charge < -0.3 is 20.7 Å². The summed E-state index contributed by atoms with van der Waals surface area (Å²) in [6, 6.07) is 12.8. The highest BCUT2D eigenvalue weighted by atomic mass is 127. The summed E-state index contributed by atoms with van der Waals surface area (Å²) >= 11 is 0. The Balaban J connectivity index is 0.00000300. The van der Waals surface area contributed by atoms with Crippen LogP contribution in [0.1, 0.15) is 29.0 Å². The first-order valence-electron chi connectivity index (χ1n) is 9.20. The Hall–Kier alpha value is -2.20. The molecule has 156 valence electrons. The molecule has 1 aliphatic rings. The number of methoxy groups -OCH3 is 1. The molecule has 1 heterocycles. The summed E-state index contributed by atoms with van der Waals surface area (Å²) in [6.45, 7) is 1.32. The van der Waals surface area contributed by atoms with E-state index in [1.807, 2.05) is 24.3 Å². The van der Waals surface area contributed by atoms with Crippen molar-refractivity contribution in [2.45, 2.75) is 25.5 Å². The molecule has 3 rings (SSSR count). The zero-order valence-electron chi connectivity index (χ0n) is 16.5. The number of ether oxygens (including phenoxy) is 1. The number of halogens is 2. The molecule has 0 aromatic heterocycles. The molecule has 1 atom stereocenters. The number of anilines is 1. The quantitative estimate of drug-likeness (QED) is 0.315. The Morgan fingerprint density at radius 1 is 1.28 bits per heavy atom. The van der Waals surface area contributed by atoms with Crippen molar-refractivity contribution in [1.29, 1.82) is 0 Å². The minimum atomic E-state index is -0.276. The van der Waals surface area contributed by atoms with E-state index in [0.29, 0.717) is 31.0 Å². The van der Waals surface area contributed by atoms with Crippen LogP contribution in [0.2, 0.25) is 0 Å². The van der Waals surface area contributed by atoms with Crippen LogP contribution in [-0.2, 0) is 22.7 Å². The molecule has 1 amide bonds. The molecule has 0 fully saturated rings. The van der Waals surface area contributed by atoms with Gasteiger partial charge in [0.1, 0.15) is 5.82 Å². The second-order valence-corrected chi connectivity index (χ2v) is 6.70. The number of guanidine groups is 1. The summed E-state index contributed by atoms with van der Waals surface area (Å²) in [4.78, 5) is 16.2. The first kappa shape index (κ1) is 23.1. The lowest BCUT2D eigenvalue weighted by Crippen LogP contribution is -2.40. The molecule has 8 heteroatoms. The van der Waals surface area contributed by atoms with Crippen LogP contribution in [0.4, 0.5) is 10.1 Å². The SMILES string of the molecule is CN=C(NCc1ccc(F)c(COC)c1)NCC1CC(=O)Nc2ccccc21.I.